The molecule has 3 nitrogen and oxygen atoms in total. The Bertz CT molecular complexity index is 292. The van der Waals surface area contributed by atoms with Crippen LogP contribution >= 0.6 is 0 Å². The first kappa shape index (κ1) is 12.2. The van der Waals surface area contributed by atoms with E-state index in [0.29, 0.717) is 0 Å². The number of nitrogens with one attached hydrogen (secondary N) is 2. The van der Waals surface area contributed by atoms with E-state index in [1.165, 1.54) is 6.21 Å². The van der Waals surface area contributed by atoms with Gasteiger partial charge in [-0.25, -0.2) is 0 Å². The first-order chi connectivity index (χ1) is 6.84. The lowest BCUT2D eigenvalue weighted by atomic mass is 9.72. The van der Waals surface area contributed by atoms with Crippen LogP contribution < -0.4 is 5.23 Å². The van der Waals surface area contributed by atoms with Crippen molar-refractivity contribution in [2.75, 3.05) is 0 Å². The van der Waals surface area contributed by atoms with E-state index < -0.39 is 0 Å². The zero-order valence-electron chi connectivity index (χ0n) is 9.92. The van der Waals surface area contributed by atoms with Gasteiger partial charge in [-0.05, 0) is 39.2 Å². The predicted molar refractivity (Wildman–Crippen MR) is 65.2 cm³/mol. The monoisotopic (exact) mass is 206 g/mol. The fraction of sp³-hybridized carbons (Fsp3) is 0.545. The number of hydrogen-bond acceptors (Lipinski definition) is 3. The second-order valence-corrected chi connectivity index (χ2v) is 4.81. The maximum atomic E-state index is 7.07. The Morgan fingerprint density at radius 1 is 1.40 bits per heavy atom. The van der Waals surface area contributed by atoms with Gasteiger partial charge in [-0.1, -0.05) is 12.7 Å². The van der Waals surface area contributed by atoms with Crippen LogP contribution in [0.1, 0.15) is 27.7 Å². The zero-order chi connectivity index (χ0) is 11.7. The van der Waals surface area contributed by atoms with Crippen LogP contribution in [0, 0.1) is 5.41 Å². The molecule has 0 aromatic rings. The summed E-state index contributed by atoms with van der Waals surface area (Å²) in [6, 6.07) is 0. The van der Waals surface area contributed by atoms with Crippen molar-refractivity contribution in [2.45, 2.75) is 38.8 Å². The summed E-state index contributed by atoms with van der Waals surface area (Å²) in [6.45, 7) is 12.1. The molecular formula is C11H19BN2O. The van der Waals surface area contributed by atoms with Gasteiger partial charge < -0.3 is 15.3 Å². The van der Waals surface area contributed by atoms with Crippen molar-refractivity contribution >= 4 is 13.3 Å². The Hall–Kier alpha value is -0.865. The average molecular weight is 206 g/mol. The Kier molecular flexibility index (Phi) is 3.21. The summed E-state index contributed by atoms with van der Waals surface area (Å²) >= 11 is 0. The molecule has 0 aliphatic carbocycles. The van der Waals surface area contributed by atoms with Crippen molar-refractivity contribution in [3.05, 3.63) is 24.2 Å². The third kappa shape index (κ3) is 2.21. The van der Waals surface area contributed by atoms with Crippen LogP contribution in [0.25, 0.3) is 0 Å². The molecule has 0 radical (unpaired) electrons. The van der Waals surface area contributed by atoms with Crippen LogP contribution in [0.15, 0.2) is 24.2 Å². The number of hydrogen-bond donors (Lipinski definition) is 2. The van der Waals surface area contributed by atoms with Gasteiger partial charge in [0.2, 0.25) is 0 Å². The average Bonchev–Trinajstić information content (AvgIpc) is 2.32. The van der Waals surface area contributed by atoms with Gasteiger partial charge in [0.05, 0.1) is 5.60 Å². The van der Waals surface area contributed by atoms with Crippen LogP contribution in [0.2, 0.25) is 0 Å². The smallest absolute Gasteiger partial charge is 0.411 e. The van der Waals surface area contributed by atoms with Gasteiger partial charge >= 0.3 is 7.05 Å². The quantitative estimate of drug-likeness (QED) is 0.421. The van der Waals surface area contributed by atoms with Gasteiger partial charge in [-0.15, -0.1) is 0 Å². The fourth-order valence-corrected chi connectivity index (χ4v) is 1.48. The Morgan fingerprint density at radius 3 is 2.33 bits per heavy atom. The highest BCUT2D eigenvalue weighted by atomic mass is 16.5. The van der Waals surface area contributed by atoms with E-state index in [-0.39, 0.29) is 18.2 Å². The molecule has 82 valence electrons. The summed E-state index contributed by atoms with van der Waals surface area (Å²) < 4.78 is 5.92. The summed E-state index contributed by atoms with van der Waals surface area (Å²) in [4.78, 5) is 0. The van der Waals surface area contributed by atoms with Gasteiger partial charge in [-0.2, -0.15) is 0 Å². The van der Waals surface area contributed by atoms with Gasteiger partial charge in [0.25, 0.3) is 0 Å². The molecule has 0 aromatic heterocycles. The van der Waals surface area contributed by atoms with E-state index in [4.69, 9.17) is 10.1 Å². The third-order valence-corrected chi connectivity index (χ3v) is 3.22. The molecule has 0 unspecified atom stereocenters. The van der Waals surface area contributed by atoms with Crippen LogP contribution in [-0.4, -0.2) is 24.4 Å². The minimum Gasteiger partial charge on any atom is -0.411 e. The lowest BCUT2D eigenvalue weighted by Crippen LogP contribution is -2.49. The Labute approximate surface area is 92.2 Å². The molecular weight excluding hydrogens is 187 g/mol. The van der Waals surface area contributed by atoms with E-state index in [9.17, 15) is 0 Å². The largest absolute Gasteiger partial charge is 0.416 e. The molecule has 1 saturated heterocycles. The molecule has 0 bridgehead atoms. The standard InChI is InChI=1S/C11H19BN2O/c1-6-9(7-8-13)12-14-10(2,3)11(4,5)15-12/h6-8,13-14H,1H2,2-5H3/b9-7+,13-8?. The van der Waals surface area contributed by atoms with Crippen LogP contribution in [0.4, 0.5) is 0 Å². The SMILES string of the molecule is C=C/C(=C\C=N)B1NC(C)(C)C(C)(C)O1. The molecule has 1 fully saturated rings. The summed E-state index contributed by atoms with van der Waals surface area (Å²) in [5.74, 6) is 0. The molecule has 0 amide bonds. The van der Waals surface area contributed by atoms with Crippen molar-refractivity contribution in [2.24, 2.45) is 0 Å². The zero-order valence-corrected chi connectivity index (χ0v) is 9.92. The van der Waals surface area contributed by atoms with Crippen molar-refractivity contribution in [1.29, 1.82) is 5.41 Å². The van der Waals surface area contributed by atoms with E-state index in [0.717, 1.165) is 5.47 Å². The fourth-order valence-electron chi connectivity index (χ4n) is 1.48. The van der Waals surface area contributed by atoms with Crippen molar-refractivity contribution in [3.63, 3.8) is 0 Å². The summed E-state index contributed by atoms with van der Waals surface area (Å²) in [5.41, 5.74) is 0.562. The molecule has 1 aliphatic heterocycles. The highest BCUT2D eigenvalue weighted by Gasteiger charge is 2.49. The maximum Gasteiger partial charge on any atom is 0.416 e. The molecule has 0 aromatic carbocycles. The summed E-state index contributed by atoms with van der Waals surface area (Å²) in [5, 5.41) is 10.5. The lowest BCUT2D eigenvalue weighted by Gasteiger charge is -2.33. The third-order valence-electron chi connectivity index (χ3n) is 3.22. The minimum absolute atomic E-state index is 0.0954. The number of allylic oxidation sites excluding steroid dienone is 3. The Balaban J connectivity index is 2.91. The van der Waals surface area contributed by atoms with Crippen molar-refractivity contribution in [3.8, 4) is 0 Å². The molecule has 1 aliphatic rings. The van der Waals surface area contributed by atoms with Gasteiger partial charge in [0.1, 0.15) is 0 Å². The second-order valence-electron chi connectivity index (χ2n) is 4.81. The van der Waals surface area contributed by atoms with Crippen LogP contribution in [0.3, 0.4) is 0 Å². The molecule has 1 heterocycles. The number of rotatable bonds is 3. The predicted octanol–water partition coefficient (Wildman–Crippen LogP) is 1.95. The molecule has 0 saturated carbocycles. The first-order valence-corrected chi connectivity index (χ1v) is 5.12. The normalized spacial score (nSPS) is 24.0. The molecule has 0 spiro atoms. The van der Waals surface area contributed by atoms with E-state index >= 15 is 0 Å². The highest BCUT2D eigenvalue weighted by molar-refractivity contribution is 6.60. The van der Waals surface area contributed by atoms with Crippen molar-refractivity contribution in [1.82, 2.24) is 5.23 Å². The first-order valence-electron chi connectivity index (χ1n) is 5.12. The van der Waals surface area contributed by atoms with Crippen LogP contribution in [-0.2, 0) is 4.65 Å². The maximum absolute atomic E-state index is 7.07. The minimum atomic E-state index is -0.234. The van der Waals surface area contributed by atoms with E-state index in [1.807, 2.05) is 0 Å². The summed E-state index contributed by atoms with van der Waals surface area (Å²) in [6.07, 6.45) is 4.67. The topological polar surface area (TPSA) is 45.1 Å². The van der Waals surface area contributed by atoms with Gasteiger partial charge in [-0.3, -0.25) is 0 Å². The van der Waals surface area contributed by atoms with Crippen LogP contribution in [0.5, 0.6) is 0 Å². The molecule has 2 N–H and O–H groups in total. The van der Waals surface area contributed by atoms with E-state index in [1.54, 1.807) is 12.2 Å². The van der Waals surface area contributed by atoms with Gasteiger partial charge in [0, 0.05) is 11.8 Å². The molecule has 15 heavy (non-hydrogen) atoms. The summed E-state index contributed by atoms with van der Waals surface area (Å²) in [7, 11) is -0.172. The molecule has 0 atom stereocenters. The second kappa shape index (κ2) is 3.95. The van der Waals surface area contributed by atoms with Gasteiger partial charge in [0.15, 0.2) is 0 Å². The Morgan fingerprint density at radius 2 is 2.00 bits per heavy atom. The van der Waals surface area contributed by atoms with E-state index in [2.05, 4.69) is 39.5 Å². The molecule has 4 heteroatoms. The van der Waals surface area contributed by atoms with Crippen molar-refractivity contribution < 1.29 is 4.65 Å². The molecule has 1 rings (SSSR count). The lowest BCUT2D eigenvalue weighted by molar-refractivity contribution is 0.0745. The highest BCUT2D eigenvalue weighted by Crippen LogP contribution is 2.33.